The molecule has 1 aromatic heterocycles. The van der Waals surface area contributed by atoms with E-state index in [0.29, 0.717) is 3.43 Å². The number of hydrogen-bond acceptors (Lipinski definition) is 1. The van der Waals surface area contributed by atoms with Crippen LogP contribution in [0.25, 0.3) is 0 Å². The summed E-state index contributed by atoms with van der Waals surface area (Å²) in [5, 5.41) is 4.69. The van der Waals surface area contributed by atoms with E-state index in [0.717, 1.165) is 0 Å². The molecule has 0 aliphatic heterocycles. The average molecular weight is 411 g/mol. The average Bonchev–Trinajstić information content (AvgIpc) is 2.74. The van der Waals surface area contributed by atoms with E-state index in [1.165, 1.54) is 69.2 Å². The standard InChI is InChI=1S/C13H27.C6H9N2.Sn/c1-4-7-10-13(11-8-5-2)12-9-6-3;1-5-4-6(2)8(3)7-5;/h4-12H2,1-3H3;1-3H3;. The molecule has 1 aromatic rings. The van der Waals surface area contributed by atoms with Crippen LogP contribution in [-0.4, -0.2) is 30.9 Å². The van der Waals surface area contributed by atoms with Crippen LogP contribution in [0.15, 0.2) is 0 Å². The van der Waals surface area contributed by atoms with Crippen molar-refractivity contribution in [3.8, 4) is 0 Å². The van der Waals surface area contributed by atoms with Crippen molar-refractivity contribution in [1.82, 2.24) is 9.78 Å². The van der Waals surface area contributed by atoms with Crippen molar-refractivity contribution in [2.24, 2.45) is 7.05 Å². The van der Waals surface area contributed by atoms with Gasteiger partial charge in [0.05, 0.1) is 0 Å². The molecule has 3 heteroatoms. The van der Waals surface area contributed by atoms with Gasteiger partial charge in [0, 0.05) is 0 Å². The Morgan fingerprint density at radius 3 is 1.68 bits per heavy atom. The van der Waals surface area contributed by atoms with Crippen molar-refractivity contribution < 1.29 is 0 Å². The molecule has 0 N–H and O–H groups in total. The fourth-order valence-corrected chi connectivity index (χ4v) is 9.06. The molecule has 126 valence electrons. The molecular formula is C19H36N2Sn. The fourth-order valence-electron chi connectivity index (χ4n) is 3.33. The molecule has 1 rings (SSSR count). The molecule has 0 aliphatic carbocycles. The second-order valence-electron chi connectivity index (χ2n) is 6.89. The van der Waals surface area contributed by atoms with Crippen LogP contribution in [0.4, 0.5) is 0 Å². The van der Waals surface area contributed by atoms with Gasteiger partial charge >= 0.3 is 149 Å². The Morgan fingerprint density at radius 2 is 1.36 bits per heavy atom. The van der Waals surface area contributed by atoms with Crippen molar-refractivity contribution >= 4 is 24.7 Å². The van der Waals surface area contributed by atoms with Gasteiger partial charge < -0.3 is 0 Å². The van der Waals surface area contributed by atoms with Crippen molar-refractivity contribution in [1.29, 1.82) is 0 Å². The van der Waals surface area contributed by atoms with Gasteiger partial charge in [0.1, 0.15) is 0 Å². The monoisotopic (exact) mass is 412 g/mol. The summed E-state index contributed by atoms with van der Waals surface area (Å²) in [5.74, 6) is 0. The van der Waals surface area contributed by atoms with Crippen molar-refractivity contribution in [3.63, 3.8) is 0 Å². The van der Waals surface area contributed by atoms with Gasteiger partial charge in [-0.05, 0) is 0 Å². The normalized spacial score (nSPS) is 12.1. The molecule has 0 spiro atoms. The molecule has 2 nitrogen and oxygen atoms in total. The third kappa shape index (κ3) is 5.58. The van der Waals surface area contributed by atoms with Crippen LogP contribution in [-0.2, 0) is 7.05 Å². The summed E-state index contributed by atoms with van der Waals surface area (Å²) in [6.45, 7) is 11.5. The summed E-state index contributed by atoms with van der Waals surface area (Å²) < 4.78 is 4.47. The van der Waals surface area contributed by atoms with E-state index in [1.54, 1.807) is 3.58 Å². The number of aromatic nitrogens is 2. The molecule has 0 saturated carbocycles. The van der Waals surface area contributed by atoms with Gasteiger partial charge in [0.15, 0.2) is 0 Å². The van der Waals surface area contributed by atoms with Crippen LogP contribution >= 0.6 is 0 Å². The first-order valence-corrected chi connectivity index (χ1v) is 12.1. The maximum atomic E-state index is 4.69. The van der Waals surface area contributed by atoms with E-state index in [-0.39, 0.29) is 0 Å². The van der Waals surface area contributed by atoms with Gasteiger partial charge in [-0.2, -0.15) is 0 Å². The summed E-state index contributed by atoms with van der Waals surface area (Å²) in [7, 11) is 2.11. The topological polar surface area (TPSA) is 17.8 Å². The van der Waals surface area contributed by atoms with E-state index in [2.05, 4.69) is 46.3 Å². The summed E-state index contributed by atoms with van der Waals surface area (Å²) >= 11 is -0.626. The first-order chi connectivity index (χ1) is 10.5. The zero-order valence-corrected chi connectivity index (χ0v) is 18.6. The summed E-state index contributed by atoms with van der Waals surface area (Å²) in [4.78, 5) is 0. The molecule has 0 bridgehead atoms. The number of rotatable bonds is 11. The number of hydrogen-bond donors (Lipinski definition) is 0. The van der Waals surface area contributed by atoms with Crippen LogP contribution in [0.1, 0.15) is 89.9 Å². The Morgan fingerprint density at radius 1 is 0.909 bits per heavy atom. The molecule has 2 radical (unpaired) electrons. The molecule has 0 amide bonds. The Kier molecular flexibility index (Phi) is 9.11. The Labute approximate surface area is 148 Å². The summed E-state index contributed by atoms with van der Waals surface area (Å²) in [6.07, 6.45) is 12.6. The van der Waals surface area contributed by atoms with E-state index in [4.69, 9.17) is 5.10 Å². The van der Waals surface area contributed by atoms with E-state index < -0.39 is 21.1 Å². The van der Waals surface area contributed by atoms with Gasteiger partial charge in [-0.3, -0.25) is 0 Å². The molecular weight excluding hydrogens is 375 g/mol. The minimum absolute atomic E-state index is 0.626. The predicted octanol–water partition coefficient (Wildman–Crippen LogP) is 5.10. The molecule has 0 aromatic carbocycles. The van der Waals surface area contributed by atoms with Crippen LogP contribution in [0.2, 0.25) is 3.43 Å². The van der Waals surface area contributed by atoms with Gasteiger partial charge in [-0.1, -0.05) is 0 Å². The molecule has 0 atom stereocenters. The second-order valence-corrected chi connectivity index (χ2v) is 12.1. The Hall–Kier alpha value is 0.00870. The zero-order chi connectivity index (χ0) is 16.6. The van der Waals surface area contributed by atoms with E-state index in [1.807, 2.05) is 0 Å². The first-order valence-electron chi connectivity index (χ1n) is 9.28. The van der Waals surface area contributed by atoms with Crippen LogP contribution in [0.5, 0.6) is 0 Å². The molecule has 0 saturated heterocycles. The van der Waals surface area contributed by atoms with Crippen LogP contribution < -0.4 is 3.58 Å². The molecule has 0 fully saturated rings. The Balaban J connectivity index is 3.03. The Bertz CT molecular complexity index is 415. The summed E-state index contributed by atoms with van der Waals surface area (Å²) in [5.41, 5.74) is 2.76. The van der Waals surface area contributed by atoms with Gasteiger partial charge in [-0.15, -0.1) is 0 Å². The maximum absolute atomic E-state index is 4.69. The van der Waals surface area contributed by atoms with Crippen molar-refractivity contribution in [2.75, 3.05) is 0 Å². The van der Waals surface area contributed by atoms with Crippen LogP contribution in [0.3, 0.4) is 0 Å². The third-order valence-corrected chi connectivity index (χ3v) is 11.4. The fraction of sp³-hybridized carbons (Fsp3) is 0.842. The SMILES string of the molecule is CCCC[C](CCCC)(CCCC)[Sn][c]1c(C)nn(C)c1C. The predicted molar refractivity (Wildman–Crippen MR) is 99.3 cm³/mol. The van der Waals surface area contributed by atoms with Gasteiger partial charge in [0.2, 0.25) is 0 Å². The number of aryl methyl sites for hydroxylation is 2. The van der Waals surface area contributed by atoms with Gasteiger partial charge in [0.25, 0.3) is 0 Å². The molecule has 0 unspecified atom stereocenters. The molecule has 0 aliphatic rings. The van der Waals surface area contributed by atoms with Crippen molar-refractivity contribution in [2.45, 2.75) is 95.8 Å². The van der Waals surface area contributed by atoms with Crippen molar-refractivity contribution in [3.05, 3.63) is 11.4 Å². The van der Waals surface area contributed by atoms with E-state index >= 15 is 0 Å². The number of nitrogens with zero attached hydrogens (tertiary/aromatic N) is 2. The second kappa shape index (κ2) is 9.99. The van der Waals surface area contributed by atoms with Gasteiger partial charge in [-0.25, -0.2) is 0 Å². The minimum atomic E-state index is -0.626. The number of unbranched alkanes of at least 4 members (excludes halogenated alkanes) is 3. The summed E-state index contributed by atoms with van der Waals surface area (Å²) in [6, 6.07) is 0. The van der Waals surface area contributed by atoms with Crippen LogP contribution in [0, 0.1) is 13.8 Å². The third-order valence-electron chi connectivity index (χ3n) is 4.93. The first kappa shape index (κ1) is 20.1. The zero-order valence-electron chi connectivity index (χ0n) is 15.8. The quantitative estimate of drug-likeness (QED) is 0.464. The molecule has 22 heavy (non-hydrogen) atoms. The molecule has 1 heterocycles. The van der Waals surface area contributed by atoms with E-state index in [9.17, 15) is 0 Å².